The van der Waals surface area contributed by atoms with Crippen LogP contribution in [0.1, 0.15) is 84.0 Å². The van der Waals surface area contributed by atoms with Crippen LogP contribution < -0.4 is 0 Å². The number of hydrogen-bond donors (Lipinski definition) is 0. The van der Waals surface area contributed by atoms with E-state index < -0.39 is 0 Å². The second-order valence-corrected chi connectivity index (χ2v) is 5.90. The molecule has 0 bridgehead atoms. The fourth-order valence-electron chi connectivity index (χ4n) is 2.82. The number of carbonyl (C=O) groups excluding carboxylic acids is 1. The van der Waals surface area contributed by atoms with Crippen molar-refractivity contribution in [3.8, 4) is 0 Å². The van der Waals surface area contributed by atoms with E-state index >= 15 is 0 Å². The lowest BCUT2D eigenvalue weighted by Crippen LogP contribution is -1.97. The third-order valence-electron chi connectivity index (χ3n) is 4.00. The van der Waals surface area contributed by atoms with Crippen LogP contribution in [0.3, 0.4) is 0 Å². The van der Waals surface area contributed by atoms with E-state index in [9.17, 15) is 4.79 Å². The summed E-state index contributed by atoms with van der Waals surface area (Å²) in [5.41, 5.74) is 0. The predicted octanol–water partition coefficient (Wildman–Crippen LogP) is 5.37. The average molecular weight is 266 g/mol. The minimum Gasteiger partial charge on any atom is -0.434 e. The van der Waals surface area contributed by atoms with Crippen LogP contribution in [0.25, 0.3) is 0 Å². The second kappa shape index (κ2) is 11.1. The van der Waals surface area contributed by atoms with Gasteiger partial charge in [0.15, 0.2) is 0 Å². The van der Waals surface area contributed by atoms with Gasteiger partial charge in [0.25, 0.3) is 6.47 Å². The van der Waals surface area contributed by atoms with Gasteiger partial charge in [-0.25, -0.2) is 0 Å². The lowest BCUT2D eigenvalue weighted by atomic mass is 10.0. The Morgan fingerprint density at radius 1 is 0.947 bits per heavy atom. The lowest BCUT2D eigenvalue weighted by Gasteiger charge is -2.10. The summed E-state index contributed by atoms with van der Waals surface area (Å²) in [6.45, 7) is 2.80. The summed E-state index contributed by atoms with van der Waals surface area (Å²) in [6.07, 6.45) is 17.6. The van der Waals surface area contributed by atoms with Gasteiger partial charge in [0.1, 0.15) is 5.76 Å². The quantitative estimate of drug-likeness (QED) is 0.628. The summed E-state index contributed by atoms with van der Waals surface area (Å²) < 4.78 is 5.12. The van der Waals surface area contributed by atoms with E-state index in [0.717, 1.165) is 18.6 Å². The van der Waals surface area contributed by atoms with Crippen LogP contribution in [0, 0.1) is 5.92 Å². The zero-order valence-corrected chi connectivity index (χ0v) is 12.5. The van der Waals surface area contributed by atoms with E-state index in [1.54, 1.807) is 0 Å². The predicted molar refractivity (Wildman–Crippen MR) is 79.8 cm³/mol. The van der Waals surface area contributed by atoms with Crippen LogP contribution in [0.15, 0.2) is 11.8 Å². The summed E-state index contributed by atoms with van der Waals surface area (Å²) in [6, 6.07) is 0. The molecule has 0 aromatic carbocycles. The maximum absolute atomic E-state index is 10.5. The molecular weight excluding hydrogens is 236 g/mol. The Morgan fingerprint density at radius 2 is 1.47 bits per heavy atom. The Hall–Kier alpha value is -0.790. The van der Waals surface area contributed by atoms with Gasteiger partial charge in [-0.2, -0.15) is 0 Å². The first kappa shape index (κ1) is 16.3. The summed E-state index contributed by atoms with van der Waals surface area (Å²) in [5.74, 6) is 1.41. The molecule has 1 aliphatic rings. The van der Waals surface area contributed by atoms with Crippen molar-refractivity contribution in [2.24, 2.45) is 5.92 Å². The maximum atomic E-state index is 10.5. The third-order valence-corrected chi connectivity index (χ3v) is 4.00. The van der Waals surface area contributed by atoms with Gasteiger partial charge in [-0.3, -0.25) is 4.79 Å². The summed E-state index contributed by atoms with van der Waals surface area (Å²) in [4.78, 5) is 10.5. The van der Waals surface area contributed by atoms with Gasteiger partial charge in [0.05, 0.1) is 0 Å². The standard InChI is InChI=1S/C17H30O2/c1-16-12-10-8-6-4-2-3-5-7-9-11-13-17(14-16)19-15-18/h14-16H,2-13H2,1H3/b17-14-. The summed E-state index contributed by atoms with van der Waals surface area (Å²) in [5, 5.41) is 0. The second-order valence-electron chi connectivity index (χ2n) is 5.90. The normalized spacial score (nSPS) is 27.4. The molecule has 0 saturated carbocycles. The Morgan fingerprint density at radius 3 is 2.05 bits per heavy atom. The molecule has 1 unspecified atom stereocenters. The topological polar surface area (TPSA) is 26.3 Å². The van der Waals surface area contributed by atoms with E-state index in [1.165, 1.54) is 64.2 Å². The molecule has 0 amide bonds. The minimum atomic E-state index is 0.528. The van der Waals surface area contributed by atoms with Crippen LogP contribution in [0.4, 0.5) is 0 Å². The molecule has 0 fully saturated rings. The highest BCUT2D eigenvalue weighted by atomic mass is 16.5. The molecule has 0 radical (unpaired) electrons. The minimum absolute atomic E-state index is 0.528. The lowest BCUT2D eigenvalue weighted by molar-refractivity contribution is -0.125. The molecule has 0 N–H and O–H groups in total. The zero-order chi connectivity index (χ0) is 13.8. The van der Waals surface area contributed by atoms with Crippen molar-refractivity contribution in [1.82, 2.24) is 0 Å². The van der Waals surface area contributed by atoms with Crippen LogP contribution in [-0.4, -0.2) is 6.47 Å². The molecule has 1 aliphatic carbocycles. The van der Waals surface area contributed by atoms with Crippen molar-refractivity contribution >= 4 is 6.47 Å². The fraction of sp³-hybridized carbons (Fsp3) is 0.824. The molecule has 1 rings (SSSR count). The van der Waals surface area contributed by atoms with Crippen molar-refractivity contribution in [2.75, 3.05) is 0 Å². The molecule has 0 aromatic heterocycles. The van der Waals surface area contributed by atoms with Gasteiger partial charge in [-0.1, -0.05) is 64.7 Å². The van der Waals surface area contributed by atoms with Crippen LogP contribution in [0.2, 0.25) is 0 Å². The highest BCUT2D eigenvalue weighted by molar-refractivity contribution is 5.39. The van der Waals surface area contributed by atoms with Gasteiger partial charge in [0, 0.05) is 6.42 Å². The molecule has 0 heterocycles. The van der Waals surface area contributed by atoms with Crippen molar-refractivity contribution in [3.63, 3.8) is 0 Å². The molecule has 1 atom stereocenters. The smallest absolute Gasteiger partial charge is 0.298 e. The summed E-state index contributed by atoms with van der Waals surface area (Å²) in [7, 11) is 0. The van der Waals surface area contributed by atoms with Crippen molar-refractivity contribution < 1.29 is 9.53 Å². The number of hydrogen-bond acceptors (Lipinski definition) is 2. The Balaban J connectivity index is 2.43. The van der Waals surface area contributed by atoms with Gasteiger partial charge in [0.2, 0.25) is 0 Å². The average Bonchev–Trinajstić information content (AvgIpc) is 2.40. The Labute approximate surface area is 118 Å². The van der Waals surface area contributed by atoms with E-state index in [1.807, 2.05) is 0 Å². The Kier molecular flexibility index (Phi) is 9.48. The highest BCUT2D eigenvalue weighted by Gasteiger charge is 2.05. The first-order chi connectivity index (χ1) is 9.33. The fourth-order valence-corrected chi connectivity index (χ4v) is 2.82. The van der Waals surface area contributed by atoms with Crippen LogP contribution >= 0.6 is 0 Å². The van der Waals surface area contributed by atoms with Crippen molar-refractivity contribution in [3.05, 3.63) is 11.8 Å². The van der Waals surface area contributed by atoms with Gasteiger partial charge in [-0.05, 0) is 24.8 Å². The Bertz CT molecular complexity index is 258. The van der Waals surface area contributed by atoms with E-state index in [4.69, 9.17) is 4.74 Å². The first-order valence-electron chi connectivity index (χ1n) is 8.14. The summed E-state index contributed by atoms with van der Waals surface area (Å²) >= 11 is 0. The molecule has 110 valence electrons. The molecule has 0 saturated heterocycles. The van der Waals surface area contributed by atoms with Crippen LogP contribution in [-0.2, 0) is 9.53 Å². The third kappa shape index (κ3) is 8.85. The monoisotopic (exact) mass is 266 g/mol. The van der Waals surface area contributed by atoms with E-state index in [0.29, 0.717) is 12.4 Å². The number of allylic oxidation sites excluding steroid dienone is 2. The molecule has 0 aromatic rings. The molecule has 2 nitrogen and oxygen atoms in total. The molecule has 0 aliphatic heterocycles. The maximum Gasteiger partial charge on any atom is 0.298 e. The largest absolute Gasteiger partial charge is 0.434 e. The van der Waals surface area contributed by atoms with Crippen LogP contribution in [0.5, 0.6) is 0 Å². The highest BCUT2D eigenvalue weighted by Crippen LogP contribution is 2.19. The number of rotatable bonds is 2. The molecular formula is C17H30O2. The van der Waals surface area contributed by atoms with E-state index in [-0.39, 0.29) is 0 Å². The van der Waals surface area contributed by atoms with Crippen molar-refractivity contribution in [1.29, 1.82) is 0 Å². The first-order valence-corrected chi connectivity index (χ1v) is 8.14. The number of ether oxygens (including phenoxy) is 1. The number of carbonyl (C=O) groups is 1. The van der Waals surface area contributed by atoms with Crippen molar-refractivity contribution in [2.45, 2.75) is 84.0 Å². The molecule has 2 heteroatoms. The molecule has 0 spiro atoms. The zero-order valence-electron chi connectivity index (χ0n) is 12.5. The SMILES string of the molecule is CC1/C=C(\OC=O)CCCCCCCCCCCC1. The van der Waals surface area contributed by atoms with Gasteiger partial charge >= 0.3 is 0 Å². The van der Waals surface area contributed by atoms with Gasteiger partial charge in [-0.15, -0.1) is 0 Å². The van der Waals surface area contributed by atoms with E-state index in [2.05, 4.69) is 13.0 Å². The molecule has 19 heavy (non-hydrogen) atoms. The van der Waals surface area contributed by atoms with Gasteiger partial charge < -0.3 is 4.74 Å².